The molecule has 1 aliphatic carbocycles. The molecule has 5 heteroatoms. The summed E-state index contributed by atoms with van der Waals surface area (Å²) < 4.78 is 0. The molecule has 2 rings (SSSR count). The quantitative estimate of drug-likeness (QED) is 0.698. The summed E-state index contributed by atoms with van der Waals surface area (Å²) in [6.45, 7) is 3.88. The van der Waals surface area contributed by atoms with Crippen LogP contribution in [-0.4, -0.2) is 35.2 Å². The Morgan fingerprint density at radius 2 is 1.78 bits per heavy atom. The summed E-state index contributed by atoms with van der Waals surface area (Å²) >= 11 is 0. The van der Waals surface area contributed by atoms with Gasteiger partial charge in [0.2, 0.25) is 17.7 Å². The molecule has 3 amide bonds. The Hall–Kier alpha value is -1.39. The van der Waals surface area contributed by atoms with E-state index in [1.807, 2.05) is 0 Å². The summed E-state index contributed by atoms with van der Waals surface area (Å²) in [5.41, 5.74) is 0. The standard InChI is InChI=1S/C13H20N2O3/c1-8-3-5-10(6-4-8)13(18)15-7-11(16)14-12(17)9(15)2/h8-10H,3-7H2,1-2H3,(H,14,16,17). The number of nitrogens with zero attached hydrogens (tertiary/aromatic N) is 1. The fourth-order valence-corrected chi connectivity index (χ4v) is 2.72. The van der Waals surface area contributed by atoms with Crippen molar-refractivity contribution in [1.82, 2.24) is 10.2 Å². The molecule has 100 valence electrons. The highest BCUT2D eigenvalue weighted by Crippen LogP contribution is 2.30. The number of amides is 3. The van der Waals surface area contributed by atoms with Gasteiger partial charge in [-0.1, -0.05) is 6.92 Å². The highest BCUT2D eigenvalue weighted by Gasteiger charge is 2.37. The molecule has 1 unspecified atom stereocenters. The van der Waals surface area contributed by atoms with Gasteiger partial charge in [0.05, 0.1) is 0 Å². The largest absolute Gasteiger partial charge is 0.321 e. The molecule has 5 nitrogen and oxygen atoms in total. The van der Waals surface area contributed by atoms with E-state index in [0.717, 1.165) is 25.7 Å². The van der Waals surface area contributed by atoms with E-state index in [9.17, 15) is 14.4 Å². The van der Waals surface area contributed by atoms with Crippen LogP contribution in [0.25, 0.3) is 0 Å². The fraction of sp³-hybridized carbons (Fsp3) is 0.769. The van der Waals surface area contributed by atoms with Gasteiger partial charge in [0.1, 0.15) is 12.6 Å². The van der Waals surface area contributed by atoms with Crippen molar-refractivity contribution >= 4 is 17.7 Å². The monoisotopic (exact) mass is 252 g/mol. The zero-order chi connectivity index (χ0) is 13.3. The molecule has 1 aliphatic heterocycles. The first-order valence-electron chi connectivity index (χ1n) is 6.63. The summed E-state index contributed by atoms with van der Waals surface area (Å²) in [5.74, 6) is -0.114. The van der Waals surface area contributed by atoms with Crippen molar-refractivity contribution in [3.63, 3.8) is 0 Å². The van der Waals surface area contributed by atoms with Crippen molar-refractivity contribution in [2.45, 2.75) is 45.6 Å². The predicted octanol–water partition coefficient (Wildman–Crippen LogP) is 0.686. The molecule has 0 aromatic heterocycles. The second kappa shape index (κ2) is 5.08. The summed E-state index contributed by atoms with van der Waals surface area (Å²) in [7, 11) is 0. The maximum atomic E-state index is 12.4. The van der Waals surface area contributed by atoms with Crippen molar-refractivity contribution in [3.8, 4) is 0 Å². The van der Waals surface area contributed by atoms with Crippen LogP contribution in [0.2, 0.25) is 0 Å². The number of nitrogens with one attached hydrogen (secondary N) is 1. The molecule has 1 heterocycles. The van der Waals surface area contributed by atoms with E-state index < -0.39 is 6.04 Å². The number of hydrogen-bond donors (Lipinski definition) is 1. The lowest BCUT2D eigenvalue weighted by atomic mass is 9.82. The summed E-state index contributed by atoms with van der Waals surface area (Å²) in [6.07, 6.45) is 3.86. The zero-order valence-electron chi connectivity index (χ0n) is 10.9. The average molecular weight is 252 g/mol. The molecule has 0 aromatic carbocycles. The number of carbonyl (C=O) groups excluding carboxylic acids is 3. The minimum atomic E-state index is -0.533. The van der Waals surface area contributed by atoms with Crippen molar-refractivity contribution in [2.75, 3.05) is 6.54 Å². The van der Waals surface area contributed by atoms with Gasteiger partial charge in [0.25, 0.3) is 0 Å². The van der Waals surface area contributed by atoms with Crippen molar-refractivity contribution in [1.29, 1.82) is 0 Å². The molecule has 1 saturated heterocycles. The summed E-state index contributed by atoms with van der Waals surface area (Å²) in [6, 6.07) is -0.533. The number of carbonyl (C=O) groups is 3. The molecule has 2 aliphatic rings. The summed E-state index contributed by atoms with van der Waals surface area (Å²) in [5, 5.41) is 2.25. The first kappa shape index (κ1) is 13.1. The van der Waals surface area contributed by atoms with Crippen molar-refractivity contribution in [2.24, 2.45) is 11.8 Å². The molecule has 0 spiro atoms. The summed E-state index contributed by atoms with van der Waals surface area (Å²) in [4.78, 5) is 36.7. The molecule has 2 fully saturated rings. The Kier molecular flexibility index (Phi) is 3.68. The lowest BCUT2D eigenvalue weighted by Crippen LogP contribution is -2.59. The third-order valence-corrected chi connectivity index (χ3v) is 4.07. The highest BCUT2D eigenvalue weighted by molar-refractivity contribution is 6.04. The second-order valence-corrected chi connectivity index (χ2v) is 5.51. The topological polar surface area (TPSA) is 66.5 Å². The van der Waals surface area contributed by atoms with Crippen LogP contribution < -0.4 is 5.32 Å². The maximum absolute atomic E-state index is 12.4. The number of piperazine rings is 1. The molecule has 0 bridgehead atoms. The molecule has 0 aromatic rings. The fourth-order valence-electron chi connectivity index (χ4n) is 2.72. The maximum Gasteiger partial charge on any atom is 0.249 e. The molecule has 1 atom stereocenters. The van der Waals surface area contributed by atoms with Crippen LogP contribution in [0.4, 0.5) is 0 Å². The smallest absolute Gasteiger partial charge is 0.249 e. The van der Waals surface area contributed by atoms with Gasteiger partial charge in [-0.3, -0.25) is 19.7 Å². The van der Waals surface area contributed by atoms with Crippen molar-refractivity contribution in [3.05, 3.63) is 0 Å². The van der Waals surface area contributed by atoms with Gasteiger partial charge in [-0.25, -0.2) is 0 Å². The Morgan fingerprint density at radius 3 is 2.39 bits per heavy atom. The third kappa shape index (κ3) is 2.54. The lowest BCUT2D eigenvalue weighted by molar-refractivity contribution is -0.152. The minimum Gasteiger partial charge on any atom is -0.321 e. The van der Waals surface area contributed by atoms with E-state index in [1.54, 1.807) is 6.92 Å². The first-order valence-corrected chi connectivity index (χ1v) is 6.63. The van der Waals surface area contributed by atoms with Crippen molar-refractivity contribution < 1.29 is 14.4 Å². The minimum absolute atomic E-state index is 0.0117. The molecular weight excluding hydrogens is 232 g/mol. The molecular formula is C13H20N2O3. The molecule has 0 radical (unpaired) electrons. The number of rotatable bonds is 1. The SMILES string of the molecule is CC1CCC(C(=O)N2CC(=O)NC(=O)C2C)CC1. The van der Waals surface area contributed by atoms with E-state index >= 15 is 0 Å². The van der Waals surface area contributed by atoms with Gasteiger partial charge in [0.15, 0.2) is 0 Å². The van der Waals surface area contributed by atoms with Gasteiger partial charge in [-0.05, 0) is 38.5 Å². The van der Waals surface area contributed by atoms with Crippen LogP contribution in [0.5, 0.6) is 0 Å². The van der Waals surface area contributed by atoms with Crippen LogP contribution in [0.15, 0.2) is 0 Å². The normalized spacial score (nSPS) is 33.2. The number of imide groups is 1. The van der Waals surface area contributed by atoms with E-state index in [1.165, 1.54) is 4.90 Å². The number of hydrogen-bond acceptors (Lipinski definition) is 3. The van der Waals surface area contributed by atoms with E-state index in [-0.39, 0.29) is 30.2 Å². The van der Waals surface area contributed by atoms with E-state index in [0.29, 0.717) is 5.92 Å². The molecule has 1 N–H and O–H groups in total. The highest BCUT2D eigenvalue weighted by atomic mass is 16.2. The van der Waals surface area contributed by atoms with Gasteiger partial charge in [-0.2, -0.15) is 0 Å². The third-order valence-electron chi connectivity index (χ3n) is 4.07. The van der Waals surface area contributed by atoms with Crippen LogP contribution in [0.1, 0.15) is 39.5 Å². The van der Waals surface area contributed by atoms with Crippen LogP contribution >= 0.6 is 0 Å². The Labute approximate surface area is 107 Å². The predicted molar refractivity (Wildman–Crippen MR) is 65.4 cm³/mol. The Balaban J connectivity index is 2.03. The van der Waals surface area contributed by atoms with Gasteiger partial charge < -0.3 is 4.90 Å². The van der Waals surface area contributed by atoms with Gasteiger partial charge >= 0.3 is 0 Å². The van der Waals surface area contributed by atoms with Crippen LogP contribution in [-0.2, 0) is 14.4 Å². The van der Waals surface area contributed by atoms with E-state index in [2.05, 4.69) is 12.2 Å². The van der Waals surface area contributed by atoms with Gasteiger partial charge in [0, 0.05) is 5.92 Å². The molecule has 18 heavy (non-hydrogen) atoms. The van der Waals surface area contributed by atoms with E-state index in [4.69, 9.17) is 0 Å². The average Bonchev–Trinajstić information content (AvgIpc) is 2.34. The van der Waals surface area contributed by atoms with Crippen LogP contribution in [0.3, 0.4) is 0 Å². The second-order valence-electron chi connectivity index (χ2n) is 5.51. The first-order chi connectivity index (χ1) is 8.49. The van der Waals surface area contributed by atoms with Crippen LogP contribution in [0, 0.1) is 11.8 Å². The lowest BCUT2D eigenvalue weighted by Gasteiger charge is -2.36. The van der Waals surface area contributed by atoms with Gasteiger partial charge in [-0.15, -0.1) is 0 Å². The Morgan fingerprint density at radius 1 is 1.17 bits per heavy atom. The molecule has 1 saturated carbocycles. The zero-order valence-corrected chi connectivity index (χ0v) is 10.9. The Bertz CT molecular complexity index is 372.